The van der Waals surface area contributed by atoms with Crippen LogP contribution in [0.1, 0.15) is 18.5 Å². The maximum atomic E-state index is 13.9. The zero-order valence-corrected chi connectivity index (χ0v) is 12.1. The smallest absolute Gasteiger partial charge is 0.128 e. The molecule has 1 N–H and O–H groups in total. The Bertz CT molecular complexity index is 545. The highest BCUT2D eigenvalue weighted by Gasteiger charge is 2.16. The van der Waals surface area contributed by atoms with E-state index in [4.69, 9.17) is 0 Å². The molecule has 0 amide bonds. The number of nitrogens with one attached hydrogen (secondary N) is 1. The molecule has 1 unspecified atom stereocenters. The second-order valence-electron chi connectivity index (χ2n) is 4.40. The maximum Gasteiger partial charge on any atom is 0.128 e. The van der Waals surface area contributed by atoms with Crippen LogP contribution < -0.4 is 5.32 Å². The molecule has 0 aromatic heterocycles. The molecule has 0 aliphatic carbocycles. The van der Waals surface area contributed by atoms with Crippen LogP contribution in [0.2, 0.25) is 0 Å². The lowest BCUT2D eigenvalue weighted by Gasteiger charge is -2.18. The number of hydrogen-bond donors (Lipinski definition) is 1. The summed E-state index contributed by atoms with van der Waals surface area (Å²) in [6, 6.07) is 13.3. The van der Waals surface area contributed by atoms with Gasteiger partial charge >= 0.3 is 0 Å². The van der Waals surface area contributed by atoms with Gasteiger partial charge in [-0.15, -0.1) is 11.8 Å². The molecule has 2 rings (SSSR count). The van der Waals surface area contributed by atoms with Gasteiger partial charge < -0.3 is 5.32 Å². The van der Waals surface area contributed by atoms with Crippen molar-refractivity contribution in [1.82, 2.24) is 5.32 Å². The van der Waals surface area contributed by atoms with Crippen LogP contribution in [0.5, 0.6) is 0 Å². The number of thioether (sulfide) groups is 1. The van der Waals surface area contributed by atoms with Crippen LogP contribution in [0, 0.1) is 11.6 Å². The van der Waals surface area contributed by atoms with Crippen molar-refractivity contribution in [3.8, 4) is 0 Å². The van der Waals surface area contributed by atoms with Gasteiger partial charge in [0.1, 0.15) is 11.6 Å². The molecule has 0 fully saturated rings. The lowest BCUT2D eigenvalue weighted by atomic mass is 10.1. The number of rotatable bonds is 6. The highest BCUT2D eigenvalue weighted by atomic mass is 32.2. The third kappa shape index (κ3) is 4.05. The molecule has 0 bridgehead atoms. The van der Waals surface area contributed by atoms with Gasteiger partial charge in [0.05, 0.1) is 0 Å². The molecule has 0 saturated carbocycles. The largest absolute Gasteiger partial charge is 0.309 e. The fourth-order valence-electron chi connectivity index (χ4n) is 1.98. The van der Waals surface area contributed by atoms with Crippen molar-refractivity contribution in [2.24, 2.45) is 0 Å². The fraction of sp³-hybridized carbons (Fsp3) is 0.250. The van der Waals surface area contributed by atoms with E-state index in [1.165, 1.54) is 12.1 Å². The summed E-state index contributed by atoms with van der Waals surface area (Å²) in [6.45, 7) is 2.66. The minimum Gasteiger partial charge on any atom is -0.309 e. The molecule has 106 valence electrons. The van der Waals surface area contributed by atoms with Gasteiger partial charge in [-0.05, 0) is 36.9 Å². The van der Waals surface area contributed by atoms with Gasteiger partial charge in [-0.3, -0.25) is 0 Å². The topological polar surface area (TPSA) is 12.0 Å². The SMILES string of the molecule is CCNC(CSc1ccccc1)c1cc(F)ccc1F. The standard InChI is InChI=1S/C16H17F2NS/c1-2-19-16(11-20-13-6-4-3-5-7-13)14-10-12(17)8-9-15(14)18/h3-10,16,19H,2,11H2,1H3. The van der Waals surface area contributed by atoms with Gasteiger partial charge in [0.25, 0.3) is 0 Å². The fourth-order valence-corrected chi connectivity index (χ4v) is 2.99. The molecule has 0 spiro atoms. The van der Waals surface area contributed by atoms with Crippen molar-refractivity contribution in [2.75, 3.05) is 12.3 Å². The van der Waals surface area contributed by atoms with E-state index in [0.29, 0.717) is 17.9 Å². The van der Waals surface area contributed by atoms with Crippen LogP contribution in [0.15, 0.2) is 53.4 Å². The second-order valence-corrected chi connectivity index (χ2v) is 5.49. The van der Waals surface area contributed by atoms with Crippen LogP contribution in [0.25, 0.3) is 0 Å². The Hall–Kier alpha value is -1.39. The van der Waals surface area contributed by atoms with Gasteiger partial charge in [-0.25, -0.2) is 8.78 Å². The van der Waals surface area contributed by atoms with Crippen molar-refractivity contribution in [3.63, 3.8) is 0 Å². The Morgan fingerprint density at radius 3 is 2.55 bits per heavy atom. The van der Waals surface area contributed by atoms with Gasteiger partial charge in [-0.1, -0.05) is 25.1 Å². The van der Waals surface area contributed by atoms with Crippen LogP contribution in [0.4, 0.5) is 8.78 Å². The summed E-state index contributed by atoms with van der Waals surface area (Å²) >= 11 is 1.63. The van der Waals surface area contributed by atoms with E-state index in [0.717, 1.165) is 11.0 Å². The summed E-state index contributed by atoms with van der Waals surface area (Å²) < 4.78 is 27.2. The first kappa shape index (κ1) is 15.0. The molecule has 0 aliphatic rings. The molecule has 4 heteroatoms. The molecule has 1 atom stereocenters. The zero-order chi connectivity index (χ0) is 14.4. The first-order chi connectivity index (χ1) is 9.70. The summed E-state index contributed by atoms with van der Waals surface area (Å²) in [6.07, 6.45) is 0. The Morgan fingerprint density at radius 1 is 1.10 bits per heavy atom. The summed E-state index contributed by atoms with van der Waals surface area (Å²) in [5, 5.41) is 3.21. The first-order valence-electron chi connectivity index (χ1n) is 6.57. The molecule has 0 heterocycles. The third-order valence-electron chi connectivity index (χ3n) is 2.94. The van der Waals surface area contributed by atoms with E-state index in [-0.39, 0.29) is 11.9 Å². The van der Waals surface area contributed by atoms with Crippen molar-refractivity contribution < 1.29 is 8.78 Å². The van der Waals surface area contributed by atoms with Crippen LogP contribution >= 0.6 is 11.8 Å². The van der Waals surface area contributed by atoms with E-state index < -0.39 is 5.82 Å². The van der Waals surface area contributed by atoms with E-state index in [2.05, 4.69) is 5.32 Å². The highest BCUT2D eigenvalue weighted by molar-refractivity contribution is 7.99. The molecular weight excluding hydrogens is 276 g/mol. The van der Waals surface area contributed by atoms with Crippen molar-refractivity contribution in [1.29, 1.82) is 0 Å². The lowest BCUT2D eigenvalue weighted by Crippen LogP contribution is -2.24. The Balaban J connectivity index is 2.12. The van der Waals surface area contributed by atoms with Gasteiger partial charge in [0, 0.05) is 22.3 Å². The third-order valence-corrected chi connectivity index (χ3v) is 4.05. The predicted molar refractivity (Wildman–Crippen MR) is 79.9 cm³/mol. The highest BCUT2D eigenvalue weighted by Crippen LogP contribution is 2.26. The predicted octanol–water partition coefficient (Wildman–Crippen LogP) is 4.41. The van der Waals surface area contributed by atoms with Gasteiger partial charge in [-0.2, -0.15) is 0 Å². The molecule has 1 nitrogen and oxygen atoms in total. The number of halogens is 2. The Morgan fingerprint density at radius 2 is 1.85 bits per heavy atom. The maximum absolute atomic E-state index is 13.9. The van der Waals surface area contributed by atoms with E-state index in [1.54, 1.807) is 11.8 Å². The van der Waals surface area contributed by atoms with E-state index in [1.807, 2.05) is 37.3 Å². The second kappa shape index (κ2) is 7.41. The average molecular weight is 293 g/mol. The molecule has 0 aliphatic heterocycles. The number of benzene rings is 2. The van der Waals surface area contributed by atoms with Crippen molar-refractivity contribution in [2.45, 2.75) is 17.9 Å². The molecular formula is C16H17F2NS. The van der Waals surface area contributed by atoms with Crippen molar-refractivity contribution >= 4 is 11.8 Å². The molecule has 2 aromatic carbocycles. The quantitative estimate of drug-likeness (QED) is 0.792. The summed E-state index contributed by atoms with van der Waals surface area (Å²) in [5.41, 5.74) is 0.385. The summed E-state index contributed by atoms with van der Waals surface area (Å²) in [5.74, 6) is -0.127. The molecule has 2 aromatic rings. The zero-order valence-electron chi connectivity index (χ0n) is 11.3. The van der Waals surface area contributed by atoms with Crippen LogP contribution in [0.3, 0.4) is 0 Å². The van der Waals surface area contributed by atoms with Gasteiger partial charge in [0.2, 0.25) is 0 Å². The van der Waals surface area contributed by atoms with Crippen LogP contribution in [-0.2, 0) is 0 Å². The van der Waals surface area contributed by atoms with E-state index in [9.17, 15) is 8.78 Å². The summed E-state index contributed by atoms with van der Waals surface area (Å²) in [4.78, 5) is 1.12. The Labute approximate surface area is 122 Å². The summed E-state index contributed by atoms with van der Waals surface area (Å²) in [7, 11) is 0. The lowest BCUT2D eigenvalue weighted by molar-refractivity contribution is 0.533. The minimum absolute atomic E-state index is 0.207. The molecule has 0 radical (unpaired) electrons. The van der Waals surface area contributed by atoms with Crippen LogP contribution in [-0.4, -0.2) is 12.3 Å². The van der Waals surface area contributed by atoms with Gasteiger partial charge in [0.15, 0.2) is 0 Å². The molecule has 20 heavy (non-hydrogen) atoms. The van der Waals surface area contributed by atoms with E-state index >= 15 is 0 Å². The number of hydrogen-bond acceptors (Lipinski definition) is 2. The van der Waals surface area contributed by atoms with Crippen molar-refractivity contribution in [3.05, 3.63) is 65.7 Å². The monoisotopic (exact) mass is 293 g/mol. The minimum atomic E-state index is -0.408. The Kier molecular flexibility index (Phi) is 5.56. The first-order valence-corrected chi connectivity index (χ1v) is 7.55. The average Bonchev–Trinajstić information content (AvgIpc) is 2.47. The normalized spacial score (nSPS) is 12.3. The molecule has 0 saturated heterocycles.